The molecule has 3 aromatic rings. The second-order valence-corrected chi connectivity index (χ2v) is 9.34. The molecule has 1 heterocycles. The lowest BCUT2D eigenvalue weighted by atomic mass is 10.1. The highest BCUT2D eigenvalue weighted by Gasteiger charge is 2.18. The molecule has 9 heteroatoms. The van der Waals surface area contributed by atoms with Crippen molar-refractivity contribution in [3.63, 3.8) is 0 Å². The number of sulfonamides is 2. The molecule has 0 bridgehead atoms. The molecule has 3 rings (SSSR count). The van der Waals surface area contributed by atoms with Crippen molar-refractivity contribution < 1.29 is 16.8 Å². The van der Waals surface area contributed by atoms with Gasteiger partial charge in [-0.15, -0.1) is 11.3 Å². The molecule has 0 aliphatic heterocycles. The lowest BCUT2D eigenvalue weighted by Gasteiger charge is -2.12. The zero-order chi connectivity index (χ0) is 18.1. The maximum atomic E-state index is 12.6. The lowest BCUT2D eigenvalue weighted by molar-refractivity contribution is 0.595. The van der Waals surface area contributed by atoms with Gasteiger partial charge in [0.2, 0.25) is 10.0 Å². The van der Waals surface area contributed by atoms with Crippen LogP contribution in [0.5, 0.6) is 0 Å². The van der Waals surface area contributed by atoms with E-state index < -0.39 is 20.0 Å². The van der Waals surface area contributed by atoms with Gasteiger partial charge in [0, 0.05) is 10.4 Å². The van der Waals surface area contributed by atoms with Crippen molar-refractivity contribution in [2.45, 2.75) is 9.79 Å². The normalized spacial score (nSPS) is 12.0. The van der Waals surface area contributed by atoms with Gasteiger partial charge in [-0.1, -0.05) is 24.3 Å². The predicted octanol–water partition coefficient (Wildman–Crippen LogP) is 2.86. The van der Waals surface area contributed by atoms with Gasteiger partial charge in [-0.05, 0) is 41.8 Å². The van der Waals surface area contributed by atoms with Gasteiger partial charge in [-0.2, -0.15) is 0 Å². The monoisotopic (exact) mass is 394 g/mol. The minimum atomic E-state index is -3.87. The highest BCUT2D eigenvalue weighted by Crippen LogP contribution is 2.32. The maximum absolute atomic E-state index is 12.6. The molecule has 0 fully saturated rings. The van der Waals surface area contributed by atoms with Crippen LogP contribution in [-0.4, -0.2) is 16.8 Å². The quantitative estimate of drug-likeness (QED) is 0.694. The van der Waals surface area contributed by atoms with E-state index in [2.05, 4.69) is 4.72 Å². The second-order valence-electron chi connectivity index (χ2n) is 5.14. The van der Waals surface area contributed by atoms with Gasteiger partial charge in [0.1, 0.15) is 0 Å². The van der Waals surface area contributed by atoms with Crippen LogP contribution in [0.3, 0.4) is 0 Å². The Balaban J connectivity index is 1.95. The van der Waals surface area contributed by atoms with Crippen molar-refractivity contribution in [2.24, 2.45) is 5.14 Å². The summed E-state index contributed by atoms with van der Waals surface area (Å²) in [5, 5.41) is 6.93. The molecule has 0 saturated carbocycles. The lowest BCUT2D eigenvalue weighted by Crippen LogP contribution is -2.15. The van der Waals surface area contributed by atoms with E-state index in [1.54, 1.807) is 12.1 Å². The highest BCUT2D eigenvalue weighted by atomic mass is 32.2. The number of nitrogens with two attached hydrogens (primary N) is 1. The third kappa shape index (κ3) is 3.90. The summed E-state index contributed by atoms with van der Waals surface area (Å²) in [6.45, 7) is 0. The minimum absolute atomic E-state index is 0.0547. The van der Waals surface area contributed by atoms with Crippen molar-refractivity contribution in [1.82, 2.24) is 0 Å². The molecule has 0 aliphatic carbocycles. The molecule has 130 valence electrons. The zero-order valence-electron chi connectivity index (χ0n) is 12.8. The Hall–Kier alpha value is -2.20. The smallest absolute Gasteiger partial charge is 0.261 e. The molecule has 6 nitrogen and oxygen atoms in total. The average Bonchev–Trinajstić information content (AvgIpc) is 3.09. The first-order valence-electron chi connectivity index (χ1n) is 7.06. The van der Waals surface area contributed by atoms with Crippen LogP contribution in [0.25, 0.3) is 10.4 Å². The van der Waals surface area contributed by atoms with Crippen molar-refractivity contribution in [1.29, 1.82) is 0 Å². The molecule has 0 atom stereocenters. The average molecular weight is 394 g/mol. The van der Waals surface area contributed by atoms with E-state index in [4.69, 9.17) is 5.14 Å². The van der Waals surface area contributed by atoms with Gasteiger partial charge in [-0.25, -0.2) is 22.0 Å². The second kappa shape index (κ2) is 6.60. The topological polar surface area (TPSA) is 106 Å². The van der Waals surface area contributed by atoms with E-state index in [1.165, 1.54) is 23.5 Å². The van der Waals surface area contributed by atoms with Gasteiger partial charge in [0.25, 0.3) is 10.0 Å². The Morgan fingerprint density at radius 1 is 0.800 bits per heavy atom. The highest BCUT2D eigenvalue weighted by molar-refractivity contribution is 7.92. The minimum Gasteiger partial charge on any atom is -0.279 e. The molecular weight excluding hydrogens is 380 g/mol. The summed E-state index contributed by atoms with van der Waals surface area (Å²) in [5.74, 6) is 0. The number of benzene rings is 2. The van der Waals surface area contributed by atoms with Crippen LogP contribution in [-0.2, 0) is 20.0 Å². The van der Waals surface area contributed by atoms with Crippen LogP contribution in [0.4, 0.5) is 5.69 Å². The molecular formula is C16H14N2O4S3. The number of anilines is 1. The molecule has 0 unspecified atom stereocenters. The van der Waals surface area contributed by atoms with Crippen LogP contribution in [0.2, 0.25) is 0 Å². The van der Waals surface area contributed by atoms with Gasteiger partial charge >= 0.3 is 0 Å². The Bertz CT molecular complexity index is 1090. The molecule has 0 spiro atoms. The van der Waals surface area contributed by atoms with Crippen LogP contribution in [0, 0.1) is 0 Å². The van der Waals surface area contributed by atoms with E-state index in [0.717, 1.165) is 22.6 Å². The van der Waals surface area contributed by atoms with E-state index >= 15 is 0 Å². The van der Waals surface area contributed by atoms with Crippen molar-refractivity contribution in [3.05, 3.63) is 66.0 Å². The van der Waals surface area contributed by atoms with Gasteiger partial charge in [-0.3, -0.25) is 4.72 Å². The number of para-hydroxylation sites is 1. The van der Waals surface area contributed by atoms with Crippen LogP contribution < -0.4 is 9.86 Å². The standard InChI is InChI=1S/C16H14N2O4S3/c17-24(19,20)12-7-9-13(10-8-12)25(21,22)18-15-5-2-1-4-14(15)16-6-3-11-23-16/h1-11,18H,(H2,17,19,20). The number of thiophene rings is 1. The largest absolute Gasteiger partial charge is 0.279 e. The van der Waals surface area contributed by atoms with Crippen molar-refractivity contribution in [2.75, 3.05) is 4.72 Å². The van der Waals surface area contributed by atoms with E-state index in [-0.39, 0.29) is 9.79 Å². The summed E-state index contributed by atoms with van der Waals surface area (Å²) >= 11 is 1.50. The van der Waals surface area contributed by atoms with Crippen LogP contribution in [0.1, 0.15) is 0 Å². The summed E-state index contributed by atoms with van der Waals surface area (Å²) in [5.41, 5.74) is 1.21. The maximum Gasteiger partial charge on any atom is 0.261 e. The fourth-order valence-corrected chi connectivity index (χ4v) is 4.59. The Labute approximate surface area is 150 Å². The van der Waals surface area contributed by atoms with Crippen LogP contribution >= 0.6 is 11.3 Å². The fraction of sp³-hybridized carbons (Fsp3) is 0. The zero-order valence-corrected chi connectivity index (χ0v) is 15.2. The Morgan fingerprint density at radius 2 is 1.44 bits per heavy atom. The molecule has 0 saturated heterocycles. The predicted molar refractivity (Wildman–Crippen MR) is 98.4 cm³/mol. The first-order chi connectivity index (χ1) is 11.8. The number of primary sulfonamides is 1. The number of rotatable bonds is 5. The van der Waals surface area contributed by atoms with Crippen LogP contribution in [0.15, 0.2) is 75.8 Å². The van der Waals surface area contributed by atoms with Gasteiger partial charge in [0.05, 0.1) is 15.5 Å². The summed E-state index contributed by atoms with van der Waals surface area (Å²) < 4.78 is 50.3. The van der Waals surface area contributed by atoms with E-state index in [9.17, 15) is 16.8 Å². The number of nitrogens with one attached hydrogen (secondary N) is 1. The SMILES string of the molecule is NS(=O)(=O)c1ccc(S(=O)(=O)Nc2ccccc2-c2cccs2)cc1. The summed E-state index contributed by atoms with van der Waals surface area (Å²) in [6.07, 6.45) is 0. The molecule has 2 aromatic carbocycles. The summed E-state index contributed by atoms with van der Waals surface area (Å²) in [7, 11) is -7.74. The van der Waals surface area contributed by atoms with Crippen molar-refractivity contribution in [3.8, 4) is 10.4 Å². The van der Waals surface area contributed by atoms with Gasteiger partial charge in [0.15, 0.2) is 0 Å². The number of hydrogen-bond donors (Lipinski definition) is 2. The first-order valence-corrected chi connectivity index (χ1v) is 11.0. The summed E-state index contributed by atoms with van der Waals surface area (Å²) in [6, 6.07) is 15.6. The third-order valence-electron chi connectivity index (χ3n) is 3.42. The molecule has 3 N–H and O–H groups in total. The fourth-order valence-electron chi connectivity index (χ4n) is 2.23. The molecule has 0 amide bonds. The van der Waals surface area contributed by atoms with Crippen molar-refractivity contribution >= 4 is 37.1 Å². The first kappa shape index (κ1) is 17.6. The van der Waals surface area contributed by atoms with Gasteiger partial charge < -0.3 is 0 Å². The van der Waals surface area contributed by atoms with E-state index in [0.29, 0.717) is 5.69 Å². The molecule has 0 aliphatic rings. The molecule has 1 aromatic heterocycles. The molecule has 25 heavy (non-hydrogen) atoms. The summed E-state index contributed by atoms with van der Waals surface area (Å²) in [4.78, 5) is 0.731. The van der Waals surface area contributed by atoms with E-state index in [1.807, 2.05) is 29.6 Å². The molecule has 0 radical (unpaired) electrons. The Kier molecular flexibility index (Phi) is 4.65. The number of hydrogen-bond acceptors (Lipinski definition) is 5. The third-order valence-corrected chi connectivity index (χ3v) is 6.63. The Morgan fingerprint density at radius 3 is 2.04 bits per heavy atom.